The van der Waals surface area contributed by atoms with Crippen molar-refractivity contribution in [3.05, 3.63) is 23.7 Å². The van der Waals surface area contributed by atoms with Crippen LogP contribution in [0.5, 0.6) is 0 Å². The van der Waals surface area contributed by atoms with E-state index in [1.54, 1.807) is 0 Å². The number of aromatic carboxylic acids is 1. The fourth-order valence-corrected chi connectivity index (χ4v) is 3.36. The zero-order valence-corrected chi connectivity index (χ0v) is 10.7. The van der Waals surface area contributed by atoms with Crippen LogP contribution in [0.1, 0.15) is 53.0 Å². The summed E-state index contributed by atoms with van der Waals surface area (Å²) in [5.41, 5.74) is 0.0303. The molecule has 2 fully saturated rings. The first-order valence-corrected chi connectivity index (χ1v) is 6.79. The van der Waals surface area contributed by atoms with Crippen LogP contribution in [-0.4, -0.2) is 34.5 Å². The van der Waals surface area contributed by atoms with E-state index in [4.69, 9.17) is 9.52 Å². The zero-order chi connectivity index (χ0) is 13.4. The second kappa shape index (κ2) is 4.72. The van der Waals surface area contributed by atoms with Gasteiger partial charge in [-0.1, -0.05) is 12.8 Å². The van der Waals surface area contributed by atoms with Crippen LogP contribution in [-0.2, 0) is 0 Å². The molecule has 0 spiro atoms. The molecule has 2 unspecified atom stereocenters. The molecular weight excluding hydrogens is 246 g/mol. The Hall–Kier alpha value is -1.78. The van der Waals surface area contributed by atoms with E-state index >= 15 is 0 Å². The summed E-state index contributed by atoms with van der Waals surface area (Å²) in [4.78, 5) is 25.0. The quantitative estimate of drug-likeness (QED) is 0.889. The maximum Gasteiger partial charge on any atom is 0.338 e. The van der Waals surface area contributed by atoms with Gasteiger partial charge < -0.3 is 14.4 Å². The van der Waals surface area contributed by atoms with Crippen molar-refractivity contribution in [2.75, 3.05) is 6.54 Å². The highest BCUT2D eigenvalue weighted by Gasteiger charge is 2.39. The predicted octanol–water partition coefficient (Wildman–Crippen LogP) is 2.38. The fraction of sp³-hybridized carbons (Fsp3) is 0.571. The molecule has 5 heteroatoms. The molecule has 0 radical (unpaired) electrons. The number of carbonyl (C=O) groups is 2. The second-order valence-electron chi connectivity index (χ2n) is 5.40. The molecule has 1 amide bonds. The fourth-order valence-electron chi connectivity index (χ4n) is 3.36. The lowest BCUT2D eigenvalue weighted by atomic mass is 9.85. The molecule has 2 aliphatic rings. The van der Waals surface area contributed by atoms with Crippen molar-refractivity contribution in [1.82, 2.24) is 4.90 Å². The van der Waals surface area contributed by atoms with Gasteiger partial charge in [-0.2, -0.15) is 0 Å². The number of carboxylic acid groups (broad SMARTS) is 1. The Labute approximate surface area is 111 Å². The molecule has 5 nitrogen and oxygen atoms in total. The van der Waals surface area contributed by atoms with Crippen LogP contribution in [0, 0.1) is 5.92 Å². The molecule has 0 bridgehead atoms. The Balaban J connectivity index is 1.77. The first-order chi connectivity index (χ1) is 9.16. The second-order valence-corrected chi connectivity index (χ2v) is 5.40. The van der Waals surface area contributed by atoms with Gasteiger partial charge in [0.25, 0.3) is 5.91 Å². The molecule has 1 aromatic heterocycles. The van der Waals surface area contributed by atoms with Crippen molar-refractivity contribution in [2.24, 2.45) is 5.92 Å². The summed E-state index contributed by atoms with van der Waals surface area (Å²) in [6.07, 6.45) is 6.87. The van der Waals surface area contributed by atoms with Crippen molar-refractivity contribution in [3.8, 4) is 0 Å². The van der Waals surface area contributed by atoms with Crippen molar-refractivity contribution in [3.63, 3.8) is 0 Å². The molecule has 3 rings (SSSR count). The third-order valence-corrected chi connectivity index (χ3v) is 4.33. The van der Waals surface area contributed by atoms with Crippen molar-refractivity contribution in [2.45, 2.75) is 38.1 Å². The van der Waals surface area contributed by atoms with Crippen LogP contribution in [0.15, 0.2) is 16.7 Å². The van der Waals surface area contributed by atoms with Crippen LogP contribution >= 0.6 is 0 Å². The van der Waals surface area contributed by atoms with Crippen molar-refractivity contribution < 1.29 is 19.1 Å². The Morgan fingerprint density at radius 2 is 2.05 bits per heavy atom. The maximum atomic E-state index is 12.4. The van der Waals surface area contributed by atoms with Gasteiger partial charge in [-0.15, -0.1) is 0 Å². The summed E-state index contributed by atoms with van der Waals surface area (Å²) < 4.78 is 5.11. The van der Waals surface area contributed by atoms with E-state index in [1.807, 2.05) is 4.90 Å². The Kier molecular flexibility index (Phi) is 3.05. The van der Waals surface area contributed by atoms with Crippen LogP contribution in [0.2, 0.25) is 0 Å². The summed E-state index contributed by atoms with van der Waals surface area (Å²) in [5.74, 6) is -0.475. The van der Waals surface area contributed by atoms with Crippen molar-refractivity contribution in [1.29, 1.82) is 0 Å². The largest absolute Gasteiger partial charge is 0.478 e. The lowest BCUT2D eigenvalue weighted by molar-refractivity contribution is 0.0656. The third kappa shape index (κ3) is 2.13. The van der Waals surface area contributed by atoms with Crippen LogP contribution in [0.3, 0.4) is 0 Å². The summed E-state index contributed by atoms with van der Waals surface area (Å²) in [5, 5.41) is 8.85. The molecule has 1 saturated heterocycles. The summed E-state index contributed by atoms with van der Waals surface area (Å²) in [7, 11) is 0. The van der Waals surface area contributed by atoms with Gasteiger partial charge in [0.1, 0.15) is 6.26 Å². The lowest BCUT2D eigenvalue weighted by Gasteiger charge is -2.31. The molecule has 2 heterocycles. The molecule has 1 aliphatic heterocycles. The number of likely N-dealkylation sites (tertiary alicyclic amines) is 1. The number of furan rings is 1. The molecule has 19 heavy (non-hydrogen) atoms. The van der Waals surface area contributed by atoms with E-state index in [-0.39, 0.29) is 17.2 Å². The number of nitrogens with zero attached hydrogens (tertiary/aromatic N) is 1. The Morgan fingerprint density at radius 3 is 2.79 bits per heavy atom. The van der Waals surface area contributed by atoms with Gasteiger partial charge in [0.15, 0.2) is 5.76 Å². The number of hydrogen-bond acceptors (Lipinski definition) is 3. The molecule has 1 aliphatic carbocycles. The number of carboxylic acids is 1. The Bertz CT molecular complexity index is 507. The van der Waals surface area contributed by atoms with E-state index < -0.39 is 5.97 Å². The molecular formula is C14H17NO4. The number of hydrogen-bond donors (Lipinski definition) is 1. The first kappa shape index (κ1) is 12.3. The normalized spacial score (nSPS) is 26.2. The topological polar surface area (TPSA) is 70.7 Å². The zero-order valence-electron chi connectivity index (χ0n) is 10.7. The molecule has 1 N–H and O–H groups in total. The highest BCUT2D eigenvalue weighted by atomic mass is 16.4. The highest BCUT2D eigenvalue weighted by Crippen LogP contribution is 2.36. The molecule has 1 aromatic rings. The summed E-state index contributed by atoms with van der Waals surface area (Å²) >= 11 is 0. The molecule has 102 valence electrons. The van der Waals surface area contributed by atoms with Crippen LogP contribution < -0.4 is 0 Å². The van der Waals surface area contributed by atoms with Gasteiger partial charge >= 0.3 is 5.97 Å². The number of carbonyl (C=O) groups excluding carboxylic acids is 1. The lowest BCUT2D eigenvalue weighted by Crippen LogP contribution is -2.39. The minimum atomic E-state index is -1.07. The first-order valence-electron chi connectivity index (χ1n) is 6.79. The van der Waals surface area contributed by atoms with E-state index in [1.165, 1.54) is 25.3 Å². The maximum absolute atomic E-state index is 12.4. The van der Waals surface area contributed by atoms with E-state index in [9.17, 15) is 9.59 Å². The third-order valence-electron chi connectivity index (χ3n) is 4.33. The van der Waals surface area contributed by atoms with Gasteiger partial charge in [-0.3, -0.25) is 4.79 Å². The standard InChI is InChI=1S/C14H17NO4/c16-13(12-7-10(8-19-12)14(17)18)15-6-5-9-3-1-2-4-11(9)15/h7-9,11H,1-6H2,(H,17,18). The summed E-state index contributed by atoms with van der Waals surface area (Å²) in [6.45, 7) is 0.761. The molecule has 0 aromatic carbocycles. The number of fused-ring (bicyclic) bond motifs is 1. The molecule has 1 saturated carbocycles. The van der Waals surface area contributed by atoms with Gasteiger partial charge in [0, 0.05) is 18.7 Å². The summed E-state index contributed by atoms with van der Waals surface area (Å²) in [6, 6.07) is 1.64. The van der Waals surface area contributed by atoms with E-state index in [0.29, 0.717) is 12.0 Å². The van der Waals surface area contributed by atoms with E-state index in [0.717, 1.165) is 25.6 Å². The van der Waals surface area contributed by atoms with Gasteiger partial charge in [0.05, 0.1) is 5.56 Å². The average Bonchev–Trinajstić information content (AvgIpc) is 3.05. The average molecular weight is 263 g/mol. The minimum Gasteiger partial charge on any atom is -0.478 e. The predicted molar refractivity (Wildman–Crippen MR) is 67.1 cm³/mol. The number of amides is 1. The number of rotatable bonds is 2. The van der Waals surface area contributed by atoms with Crippen LogP contribution in [0.25, 0.3) is 0 Å². The minimum absolute atomic E-state index is 0.0303. The SMILES string of the molecule is O=C(O)c1coc(C(=O)N2CCC3CCCCC32)c1. The van der Waals surface area contributed by atoms with Gasteiger partial charge in [-0.25, -0.2) is 4.79 Å². The Morgan fingerprint density at radius 1 is 1.26 bits per heavy atom. The molecule has 2 atom stereocenters. The van der Waals surface area contributed by atoms with Crippen LogP contribution in [0.4, 0.5) is 0 Å². The monoisotopic (exact) mass is 263 g/mol. The smallest absolute Gasteiger partial charge is 0.338 e. The van der Waals surface area contributed by atoms with Gasteiger partial charge in [0.2, 0.25) is 0 Å². The van der Waals surface area contributed by atoms with Crippen molar-refractivity contribution >= 4 is 11.9 Å². The van der Waals surface area contributed by atoms with Gasteiger partial charge in [-0.05, 0) is 25.2 Å². The van der Waals surface area contributed by atoms with E-state index in [2.05, 4.69) is 0 Å². The highest BCUT2D eigenvalue weighted by molar-refractivity contribution is 5.95.